The molecule has 0 saturated carbocycles. The lowest BCUT2D eigenvalue weighted by atomic mass is 10.5. The van der Waals surface area contributed by atoms with Gasteiger partial charge in [0.2, 0.25) is 0 Å². The second kappa shape index (κ2) is 3.69. The van der Waals surface area contributed by atoms with E-state index >= 15 is 0 Å². The molecule has 1 aliphatic heterocycles. The van der Waals surface area contributed by atoms with Gasteiger partial charge in [0, 0.05) is 12.6 Å². The highest BCUT2D eigenvalue weighted by Crippen LogP contribution is 2.14. The van der Waals surface area contributed by atoms with Gasteiger partial charge in [-0.15, -0.1) is 0 Å². The molecule has 4 nitrogen and oxygen atoms in total. The van der Waals surface area contributed by atoms with Crippen molar-refractivity contribution in [1.82, 2.24) is 4.90 Å². The summed E-state index contributed by atoms with van der Waals surface area (Å²) in [6.45, 7) is 3.41. The van der Waals surface area contributed by atoms with E-state index < -0.39 is 0 Å². The number of esters is 1. The third-order valence-electron chi connectivity index (χ3n) is 1.68. The lowest BCUT2D eigenvalue weighted by Gasteiger charge is -2.02. The zero-order valence-electron chi connectivity index (χ0n) is 6.62. The summed E-state index contributed by atoms with van der Waals surface area (Å²) in [5.41, 5.74) is 0. The highest BCUT2D eigenvalue weighted by atomic mass is 16.5. The van der Waals surface area contributed by atoms with Gasteiger partial charge in [0.05, 0.1) is 13.2 Å². The van der Waals surface area contributed by atoms with Crippen molar-refractivity contribution in [3.8, 4) is 0 Å². The van der Waals surface area contributed by atoms with E-state index in [2.05, 4.69) is 11.7 Å². The predicted octanol–water partition coefficient (Wildman–Crippen LogP) is -0.774. The van der Waals surface area contributed by atoms with Crippen LogP contribution in [0.25, 0.3) is 0 Å². The third kappa shape index (κ3) is 2.86. The van der Waals surface area contributed by atoms with Crippen molar-refractivity contribution >= 4 is 5.97 Å². The summed E-state index contributed by atoms with van der Waals surface area (Å²) >= 11 is 0. The number of aliphatic hydroxyl groups is 1. The molecule has 64 valence electrons. The molecular formula is C7H13NO3. The number of ether oxygens (including phenoxy) is 1. The topological polar surface area (TPSA) is 49.5 Å². The van der Waals surface area contributed by atoms with Crippen LogP contribution in [0.2, 0.25) is 0 Å². The van der Waals surface area contributed by atoms with Crippen LogP contribution >= 0.6 is 0 Å². The monoisotopic (exact) mass is 159 g/mol. The first-order chi connectivity index (χ1) is 5.24. The first-order valence-corrected chi connectivity index (χ1v) is 3.74. The smallest absolute Gasteiger partial charge is 0.320 e. The van der Waals surface area contributed by atoms with Gasteiger partial charge < -0.3 is 9.84 Å². The molecule has 0 bridgehead atoms. The van der Waals surface area contributed by atoms with Crippen LogP contribution in [0.4, 0.5) is 0 Å². The minimum absolute atomic E-state index is 0.0959. The van der Waals surface area contributed by atoms with E-state index in [0.717, 1.165) is 6.54 Å². The number of hydrogen-bond acceptors (Lipinski definition) is 4. The standard InChI is InChI=1S/C7H13NO3/c1-6-4-8(6)5-7(10)11-3-2-9/h6,9H,2-5H2,1H3. The second-order valence-electron chi connectivity index (χ2n) is 2.72. The number of hydrogen-bond donors (Lipinski definition) is 1. The van der Waals surface area contributed by atoms with Gasteiger partial charge in [0.15, 0.2) is 0 Å². The quantitative estimate of drug-likeness (QED) is 0.432. The Bertz CT molecular complexity index is 149. The van der Waals surface area contributed by atoms with Crippen LogP contribution < -0.4 is 0 Å². The zero-order valence-corrected chi connectivity index (χ0v) is 6.62. The number of carbonyl (C=O) groups is 1. The Hall–Kier alpha value is -0.610. The summed E-state index contributed by atoms with van der Waals surface area (Å²) in [4.78, 5) is 12.8. The van der Waals surface area contributed by atoms with Crippen LogP contribution in [0.5, 0.6) is 0 Å². The molecule has 1 saturated heterocycles. The van der Waals surface area contributed by atoms with Gasteiger partial charge in [-0.25, -0.2) is 0 Å². The van der Waals surface area contributed by atoms with E-state index in [4.69, 9.17) is 5.11 Å². The number of nitrogens with zero attached hydrogens (tertiary/aromatic N) is 1. The highest BCUT2D eigenvalue weighted by Gasteiger charge is 2.30. The summed E-state index contributed by atoms with van der Waals surface area (Å²) in [5.74, 6) is -0.247. The van der Waals surface area contributed by atoms with Crippen molar-refractivity contribution in [3.63, 3.8) is 0 Å². The highest BCUT2D eigenvalue weighted by molar-refractivity contribution is 5.72. The van der Waals surface area contributed by atoms with E-state index in [1.54, 1.807) is 0 Å². The molecule has 4 heteroatoms. The van der Waals surface area contributed by atoms with E-state index in [0.29, 0.717) is 12.6 Å². The Morgan fingerprint density at radius 3 is 2.91 bits per heavy atom. The maximum atomic E-state index is 10.8. The molecule has 0 radical (unpaired) electrons. The van der Waals surface area contributed by atoms with Crippen molar-refractivity contribution in [2.45, 2.75) is 13.0 Å². The maximum absolute atomic E-state index is 10.8. The van der Waals surface area contributed by atoms with E-state index in [1.807, 2.05) is 4.90 Å². The van der Waals surface area contributed by atoms with Crippen LogP contribution in [-0.4, -0.2) is 48.3 Å². The maximum Gasteiger partial charge on any atom is 0.320 e. The molecule has 11 heavy (non-hydrogen) atoms. The summed E-state index contributed by atoms with van der Waals surface area (Å²) in [5, 5.41) is 8.33. The fourth-order valence-corrected chi connectivity index (χ4v) is 0.884. The summed E-state index contributed by atoms with van der Waals surface area (Å²) < 4.78 is 4.66. The molecule has 1 fully saturated rings. The van der Waals surface area contributed by atoms with E-state index in [-0.39, 0.29) is 19.2 Å². The van der Waals surface area contributed by atoms with Crippen LogP contribution in [0.3, 0.4) is 0 Å². The predicted molar refractivity (Wildman–Crippen MR) is 39.1 cm³/mol. The SMILES string of the molecule is CC1CN1CC(=O)OCCO. The third-order valence-corrected chi connectivity index (χ3v) is 1.68. The molecule has 0 aromatic heterocycles. The minimum Gasteiger partial charge on any atom is -0.462 e. The van der Waals surface area contributed by atoms with E-state index in [1.165, 1.54) is 0 Å². The number of aliphatic hydroxyl groups excluding tert-OH is 1. The fourth-order valence-electron chi connectivity index (χ4n) is 0.884. The Labute approximate surface area is 65.8 Å². The molecule has 2 atom stereocenters. The van der Waals surface area contributed by atoms with E-state index in [9.17, 15) is 4.79 Å². The van der Waals surface area contributed by atoms with Crippen LogP contribution in [0.15, 0.2) is 0 Å². The zero-order chi connectivity index (χ0) is 8.27. The lowest BCUT2D eigenvalue weighted by molar-refractivity contribution is -0.144. The van der Waals surface area contributed by atoms with Gasteiger partial charge >= 0.3 is 5.97 Å². The first-order valence-electron chi connectivity index (χ1n) is 3.74. The molecule has 0 amide bonds. The molecule has 0 aromatic rings. The molecule has 1 aliphatic rings. The molecule has 0 aromatic carbocycles. The fraction of sp³-hybridized carbons (Fsp3) is 0.857. The first kappa shape index (κ1) is 8.49. The Morgan fingerprint density at radius 2 is 2.45 bits per heavy atom. The molecule has 1 heterocycles. The normalized spacial score (nSPS) is 28.2. The largest absolute Gasteiger partial charge is 0.462 e. The molecule has 0 aliphatic carbocycles. The van der Waals surface area contributed by atoms with Gasteiger partial charge in [-0.1, -0.05) is 0 Å². The number of rotatable bonds is 4. The molecule has 1 N–H and O–H groups in total. The lowest BCUT2D eigenvalue weighted by Crippen LogP contribution is -2.18. The Balaban J connectivity index is 2.02. The van der Waals surface area contributed by atoms with Crippen LogP contribution in [-0.2, 0) is 9.53 Å². The summed E-state index contributed by atoms with van der Waals surface area (Å²) in [6, 6.07) is 0.525. The average molecular weight is 159 g/mol. The summed E-state index contributed by atoms with van der Waals surface area (Å²) in [6.07, 6.45) is 0. The van der Waals surface area contributed by atoms with Gasteiger partial charge in [-0.05, 0) is 6.92 Å². The van der Waals surface area contributed by atoms with Crippen molar-refractivity contribution in [1.29, 1.82) is 0 Å². The van der Waals surface area contributed by atoms with Crippen molar-refractivity contribution < 1.29 is 14.6 Å². The van der Waals surface area contributed by atoms with Crippen molar-refractivity contribution in [3.05, 3.63) is 0 Å². The van der Waals surface area contributed by atoms with Gasteiger partial charge in [-0.2, -0.15) is 0 Å². The molecule has 1 rings (SSSR count). The molecular weight excluding hydrogens is 146 g/mol. The summed E-state index contributed by atoms with van der Waals surface area (Å²) in [7, 11) is 0. The molecule has 0 spiro atoms. The van der Waals surface area contributed by atoms with Gasteiger partial charge in [0.25, 0.3) is 0 Å². The van der Waals surface area contributed by atoms with Crippen molar-refractivity contribution in [2.75, 3.05) is 26.3 Å². The van der Waals surface area contributed by atoms with Gasteiger partial charge in [0.1, 0.15) is 6.61 Å². The number of carbonyl (C=O) groups excluding carboxylic acids is 1. The van der Waals surface area contributed by atoms with Crippen LogP contribution in [0, 0.1) is 0 Å². The Morgan fingerprint density at radius 1 is 1.82 bits per heavy atom. The minimum atomic E-state index is -0.247. The van der Waals surface area contributed by atoms with Gasteiger partial charge in [-0.3, -0.25) is 9.69 Å². The second-order valence-corrected chi connectivity index (χ2v) is 2.72. The van der Waals surface area contributed by atoms with Crippen molar-refractivity contribution in [2.24, 2.45) is 0 Å². The molecule has 2 unspecified atom stereocenters. The van der Waals surface area contributed by atoms with Crippen LogP contribution in [0.1, 0.15) is 6.92 Å². The average Bonchev–Trinajstić information content (AvgIpc) is 2.62. The Kier molecular flexibility index (Phi) is 2.84.